The van der Waals surface area contributed by atoms with E-state index < -0.39 is 12.0 Å². The van der Waals surface area contributed by atoms with Crippen LogP contribution < -0.4 is 10.3 Å². The molecule has 0 fully saturated rings. The molecule has 0 heterocycles. The number of amides is 1. The number of phenolic OH excluding ortho intramolecular Hbond substituents is 1. The van der Waals surface area contributed by atoms with Crippen LogP contribution in [0.1, 0.15) is 31.1 Å². The fourth-order valence-electron chi connectivity index (χ4n) is 2.44. The van der Waals surface area contributed by atoms with Crippen LogP contribution in [0.3, 0.4) is 0 Å². The molecule has 0 aromatic heterocycles. The standard InChI is InChI=1S/C19H23N3O3/c1-3-22(4-2)16-11-10-15(17(23)12-16)13-20-21-19(25)18(24)14-8-6-5-7-9-14/h5-13,18,23-24H,3-4H2,1-2H3,(H,21,25). The quantitative estimate of drug-likeness (QED) is 0.533. The molecule has 0 bridgehead atoms. The van der Waals surface area contributed by atoms with E-state index in [1.807, 2.05) is 19.9 Å². The number of carbonyl (C=O) groups is 1. The van der Waals surface area contributed by atoms with Gasteiger partial charge in [-0.25, -0.2) is 5.43 Å². The Morgan fingerprint density at radius 1 is 1.20 bits per heavy atom. The van der Waals surface area contributed by atoms with E-state index in [1.54, 1.807) is 42.5 Å². The molecular formula is C19H23N3O3. The van der Waals surface area contributed by atoms with Crippen molar-refractivity contribution in [1.82, 2.24) is 5.43 Å². The number of nitrogens with zero attached hydrogens (tertiary/aromatic N) is 2. The lowest BCUT2D eigenvalue weighted by atomic mass is 10.1. The molecule has 1 amide bonds. The molecule has 2 aromatic carbocycles. The minimum atomic E-state index is -1.29. The average molecular weight is 341 g/mol. The van der Waals surface area contributed by atoms with Crippen LogP contribution in [0, 0.1) is 0 Å². The zero-order valence-electron chi connectivity index (χ0n) is 14.4. The number of benzene rings is 2. The smallest absolute Gasteiger partial charge is 0.273 e. The summed E-state index contributed by atoms with van der Waals surface area (Å²) < 4.78 is 0. The molecule has 3 N–H and O–H groups in total. The number of hydrazone groups is 1. The van der Waals surface area contributed by atoms with E-state index in [2.05, 4.69) is 15.4 Å². The zero-order valence-corrected chi connectivity index (χ0v) is 14.4. The van der Waals surface area contributed by atoms with Crippen LogP contribution in [0.2, 0.25) is 0 Å². The first kappa shape index (κ1) is 18.5. The zero-order chi connectivity index (χ0) is 18.2. The van der Waals surface area contributed by atoms with Crippen molar-refractivity contribution in [2.45, 2.75) is 20.0 Å². The van der Waals surface area contributed by atoms with E-state index in [-0.39, 0.29) is 5.75 Å². The van der Waals surface area contributed by atoms with Crippen LogP contribution in [0.15, 0.2) is 53.6 Å². The fraction of sp³-hybridized carbons (Fsp3) is 0.263. The molecule has 6 heteroatoms. The highest BCUT2D eigenvalue weighted by Gasteiger charge is 2.16. The lowest BCUT2D eigenvalue weighted by Crippen LogP contribution is -2.25. The molecular weight excluding hydrogens is 318 g/mol. The number of nitrogens with one attached hydrogen (secondary N) is 1. The minimum Gasteiger partial charge on any atom is -0.507 e. The number of aromatic hydroxyl groups is 1. The molecule has 6 nitrogen and oxygen atoms in total. The maximum Gasteiger partial charge on any atom is 0.273 e. The van der Waals surface area contributed by atoms with Crippen molar-refractivity contribution in [3.8, 4) is 5.75 Å². The van der Waals surface area contributed by atoms with Crippen molar-refractivity contribution in [3.63, 3.8) is 0 Å². The highest BCUT2D eigenvalue weighted by Crippen LogP contribution is 2.23. The Labute approximate surface area is 147 Å². The summed E-state index contributed by atoms with van der Waals surface area (Å²) in [5, 5.41) is 23.9. The van der Waals surface area contributed by atoms with Crippen LogP contribution in [-0.2, 0) is 4.79 Å². The Kier molecular flexibility index (Phi) is 6.54. The summed E-state index contributed by atoms with van der Waals surface area (Å²) in [4.78, 5) is 14.0. The first-order valence-corrected chi connectivity index (χ1v) is 8.20. The van der Waals surface area contributed by atoms with Crippen LogP contribution in [0.5, 0.6) is 5.75 Å². The molecule has 0 aliphatic carbocycles. The third kappa shape index (κ3) is 4.81. The average Bonchev–Trinajstić information content (AvgIpc) is 2.64. The molecule has 1 atom stereocenters. The van der Waals surface area contributed by atoms with E-state index in [4.69, 9.17) is 0 Å². The molecule has 0 aliphatic rings. The van der Waals surface area contributed by atoms with Gasteiger partial charge in [0.2, 0.25) is 0 Å². The third-order valence-corrected chi connectivity index (χ3v) is 3.88. The van der Waals surface area contributed by atoms with Crippen molar-refractivity contribution in [1.29, 1.82) is 0 Å². The number of anilines is 1. The number of carbonyl (C=O) groups excluding carboxylic acids is 1. The van der Waals surface area contributed by atoms with Gasteiger partial charge in [-0.1, -0.05) is 30.3 Å². The molecule has 2 aromatic rings. The first-order valence-electron chi connectivity index (χ1n) is 8.20. The topological polar surface area (TPSA) is 85.2 Å². The molecule has 2 rings (SSSR count). The Morgan fingerprint density at radius 3 is 2.48 bits per heavy atom. The molecule has 0 saturated heterocycles. The maximum absolute atomic E-state index is 11.9. The van der Waals surface area contributed by atoms with Gasteiger partial charge in [0.1, 0.15) is 5.75 Å². The molecule has 132 valence electrons. The lowest BCUT2D eigenvalue weighted by molar-refractivity contribution is -0.129. The third-order valence-electron chi connectivity index (χ3n) is 3.88. The van der Waals surface area contributed by atoms with Crippen molar-refractivity contribution >= 4 is 17.8 Å². The summed E-state index contributed by atoms with van der Waals surface area (Å²) in [5.74, 6) is -0.562. The summed E-state index contributed by atoms with van der Waals surface area (Å²) >= 11 is 0. The fourth-order valence-corrected chi connectivity index (χ4v) is 2.44. The van der Waals surface area contributed by atoms with Gasteiger partial charge in [-0.15, -0.1) is 0 Å². The summed E-state index contributed by atoms with van der Waals surface area (Å²) in [7, 11) is 0. The van der Waals surface area contributed by atoms with Crippen LogP contribution in [0.4, 0.5) is 5.69 Å². The summed E-state index contributed by atoms with van der Waals surface area (Å²) in [6.45, 7) is 5.78. The Hall–Kier alpha value is -2.86. The number of aliphatic hydroxyl groups excluding tert-OH is 1. The summed E-state index contributed by atoms with van der Waals surface area (Å²) in [5.41, 5.74) is 4.16. The van der Waals surface area contributed by atoms with Gasteiger partial charge < -0.3 is 15.1 Å². The minimum absolute atomic E-state index is 0.0750. The highest BCUT2D eigenvalue weighted by atomic mass is 16.3. The van der Waals surface area contributed by atoms with Crippen molar-refractivity contribution in [2.75, 3.05) is 18.0 Å². The van der Waals surface area contributed by atoms with Gasteiger partial charge in [0.15, 0.2) is 6.10 Å². The van der Waals surface area contributed by atoms with E-state index in [9.17, 15) is 15.0 Å². The van der Waals surface area contributed by atoms with E-state index in [0.29, 0.717) is 11.1 Å². The molecule has 0 saturated carbocycles. The summed E-state index contributed by atoms with van der Waals surface area (Å²) in [6.07, 6.45) is 0.0498. The number of hydrogen-bond donors (Lipinski definition) is 3. The van der Waals surface area contributed by atoms with E-state index in [0.717, 1.165) is 18.8 Å². The molecule has 1 unspecified atom stereocenters. The van der Waals surface area contributed by atoms with Crippen LogP contribution in [-0.4, -0.2) is 35.4 Å². The lowest BCUT2D eigenvalue weighted by Gasteiger charge is -2.21. The number of phenols is 1. The van der Waals surface area contributed by atoms with Gasteiger partial charge in [0.05, 0.1) is 6.21 Å². The van der Waals surface area contributed by atoms with Crippen LogP contribution >= 0.6 is 0 Å². The number of aliphatic hydroxyl groups is 1. The molecule has 0 aliphatic heterocycles. The number of rotatable bonds is 7. The predicted octanol–water partition coefficient (Wildman–Crippen LogP) is 2.42. The van der Waals surface area contributed by atoms with Gasteiger partial charge in [-0.05, 0) is 31.5 Å². The second-order valence-corrected chi connectivity index (χ2v) is 5.46. The van der Waals surface area contributed by atoms with Gasteiger partial charge in [-0.3, -0.25) is 4.79 Å². The normalized spacial score (nSPS) is 12.1. The van der Waals surface area contributed by atoms with Crippen LogP contribution in [0.25, 0.3) is 0 Å². The number of hydrogen-bond acceptors (Lipinski definition) is 5. The largest absolute Gasteiger partial charge is 0.507 e. The Balaban J connectivity index is 2.01. The van der Waals surface area contributed by atoms with E-state index in [1.165, 1.54) is 6.21 Å². The van der Waals surface area contributed by atoms with Gasteiger partial charge >= 0.3 is 0 Å². The maximum atomic E-state index is 11.9. The van der Waals surface area contributed by atoms with Crippen molar-refractivity contribution in [2.24, 2.45) is 5.10 Å². The first-order chi connectivity index (χ1) is 12.1. The monoisotopic (exact) mass is 341 g/mol. The van der Waals surface area contributed by atoms with Gasteiger partial charge in [-0.2, -0.15) is 5.10 Å². The van der Waals surface area contributed by atoms with E-state index >= 15 is 0 Å². The van der Waals surface area contributed by atoms with Gasteiger partial charge in [0, 0.05) is 30.4 Å². The second-order valence-electron chi connectivity index (χ2n) is 5.46. The van der Waals surface area contributed by atoms with Gasteiger partial charge in [0.25, 0.3) is 5.91 Å². The molecule has 0 radical (unpaired) electrons. The Bertz CT molecular complexity index is 728. The SMILES string of the molecule is CCN(CC)c1ccc(C=NNC(=O)C(O)c2ccccc2)c(O)c1. The Morgan fingerprint density at radius 2 is 1.88 bits per heavy atom. The molecule has 25 heavy (non-hydrogen) atoms. The molecule has 0 spiro atoms. The second kappa shape index (κ2) is 8.84. The van der Waals surface area contributed by atoms with Crippen molar-refractivity contribution in [3.05, 3.63) is 59.7 Å². The van der Waals surface area contributed by atoms with Crippen molar-refractivity contribution < 1.29 is 15.0 Å². The summed E-state index contributed by atoms with van der Waals surface area (Å²) in [6, 6.07) is 13.9. The predicted molar refractivity (Wildman–Crippen MR) is 98.8 cm³/mol. The highest BCUT2D eigenvalue weighted by molar-refractivity contribution is 5.87.